The molecule has 0 rings (SSSR count). The number of carbonyl (C=O) groups is 3. The number of unbranched alkanes of at least 4 members (excludes halogenated alkanes) is 20. The Balaban J connectivity index is 4.81. The zero-order valence-corrected chi connectivity index (χ0v) is 43.9. The fourth-order valence-electron chi connectivity index (χ4n) is 7.02. The highest BCUT2D eigenvalue weighted by atomic mass is 31.2. The van der Waals surface area contributed by atoms with Crippen molar-refractivity contribution in [3.63, 3.8) is 0 Å². The average molecular weight is 977 g/mol. The fourth-order valence-corrected chi connectivity index (χ4v) is 7.80. The molecule has 0 aliphatic carbocycles. The second-order valence-corrected chi connectivity index (χ2v) is 19.1. The molecule has 0 fully saturated rings. The Bertz CT molecular complexity index is 1420. The zero-order valence-electron chi connectivity index (χ0n) is 43.1. The maximum absolute atomic E-state index is 12.8. The lowest BCUT2D eigenvalue weighted by molar-refractivity contribution is -0.161. The number of aliphatic hydroxyl groups is 1. The van der Waals surface area contributed by atoms with Crippen LogP contribution in [0.5, 0.6) is 0 Å². The normalized spacial score (nSPS) is 14.0. The van der Waals surface area contributed by atoms with Gasteiger partial charge in [0.05, 0.1) is 19.8 Å². The van der Waals surface area contributed by atoms with Crippen LogP contribution in [-0.4, -0.2) is 66.5 Å². The molecule has 12 heteroatoms. The van der Waals surface area contributed by atoms with E-state index in [-0.39, 0.29) is 25.9 Å². The number of esters is 3. The molecular weight excluding hydrogens is 880 g/mol. The average Bonchev–Trinajstić information content (AvgIpc) is 3.32. The van der Waals surface area contributed by atoms with E-state index in [9.17, 15) is 28.9 Å². The van der Waals surface area contributed by atoms with Gasteiger partial charge in [-0.05, 0) is 77.0 Å². The SMILES string of the molecule is CC/C=C\C/C=C\C/C=C\C/C=C\C/C=C\CCCC(=O)OC(COC(=O)CCCCCCC/C=C\CCCC)COP(=O)(O)OCC(CO)OC(=O)CCCCCCCCCCCCCCC. The maximum atomic E-state index is 12.8. The quantitative estimate of drug-likeness (QED) is 0.0197. The zero-order chi connectivity index (χ0) is 49.9. The molecule has 0 radical (unpaired) electrons. The second kappa shape index (κ2) is 50.3. The number of rotatable bonds is 49. The highest BCUT2D eigenvalue weighted by Gasteiger charge is 2.28. The molecule has 0 amide bonds. The summed E-state index contributed by atoms with van der Waals surface area (Å²) in [5, 5.41) is 9.78. The van der Waals surface area contributed by atoms with Gasteiger partial charge in [-0.2, -0.15) is 0 Å². The number of aliphatic hydroxyl groups excluding tert-OH is 1. The molecule has 3 unspecified atom stereocenters. The van der Waals surface area contributed by atoms with Crippen molar-refractivity contribution in [2.24, 2.45) is 0 Å². The Hall–Kier alpha value is -3.08. The lowest BCUT2D eigenvalue weighted by Crippen LogP contribution is -2.30. The first-order valence-corrected chi connectivity index (χ1v) is 28.3. The minimum absolute atomic E-state index is 0.0867. The van der Waals surface area contributed by atoms with Gasteiger partial charge in [0, 0.05) is 19.3 Å². The lowest BCUT2D eigenvalue weighted by atomic mass is 10.0. The number of phosphoric ester groups is 1. The fraction of sp³-hybridized carbons (Fsp3) is 0.732. The molecule has 0 aliphatic rings. The molecular formula is C56H97O11P. The Morgan fingerprint density at radius 2 is 0.794 bits per heavy atom. The van der Waals surface area contributed by atoms with E-state index in [1.165, 1.54) is 70.6 Å². The molecule has 0 bridgehead atoms. The van der Waals surface area contributed by atoms with Crippen LogP contribution in [0.25, 0.3) is 0 Å². The van der Waals surface area contributed by atoms with E-state index in [1.54, 1.807) is 0 Å². The summed E-state index contributed by atoms with van der Waals surface area (Å²) in [6.45, 7) is 4.41. The number of ether oxygens (including phenoxy) is 3. The Morgan fingerprint density at radius 3 is 1.29 bits per heavy atom. The van der Waals surface area contributed by atoms with E-state index in [0.717, 1.165) is 89.9 Å². The van der Waals surface area contributed by atoms with E-state index >= 15 is 0 Å². The van der Waals surface area contributed by atoms with E-state index in [4.69, 9.17) is 23.3 Å². The van der Waals surface area contributed by atoms with Crippen LogP contribution in [0.3, 0.4) is 0 Å². The largest absolute Gasteiger partial charge is 0.472 e. The summed E-state index contributed by atoms with van der Waals surface area (Å²) in [5.41, 5.74) is 0. The third-order valence-electron chi connectivity index (χ3n) is 11.1. The van der Waals surface area contributed by atoms with Gasteiger partial charge in [-0.1, -0.05) is 203 Å². The summed E-state index contributed by atoms with van der Waals surface area (Å²) in [7, 11) is -4.76. The summed E-state index contributed by atoms with van der Waals surface area (Å²) in [6, 6.07) is 0. The summed E-state index contributed by atoms with van der Waals surface area (Å²) < 4.78 is 39.3. The topological polar surface area (TPSA) is 155 Å². The molecule has 3 atom stereocenters. The van der Waals surface area contributed by atoms with E-state index in [1.807, 2.05) is 12.2 Å². The first kappa shape index (κ1) is 64.9. The Labute approximate surface area is 414 Å². The number of hydrogen-bond acceptors (Lipinski definition) is 10. The predicted molar refractivity (Wildman–Crippen MR) is 279 cm³/mol. The number of hydrogen-bond donors (Lipinski definition) is 2. The van der Waals surface area contributed by atoms with Gasteiger partial charge in [0.25, 0.3) is 0 Å². The van der Waals surface area contributed by atoms with Crippen LogP contribution >= 0.6 is 7.82 Å². The van der Waals surface area contributed by atoms with Crippen molar-refractivity contribution < 1.29 is 52.2 Å². The Kier molecular flexibility index (Phi) is 48.0. The van der Waals surface area contributed by atoms with Gasteiger partial charge in [-0.15, -0.1) is 0 Å². The van der Waals surface area contributed by atoms with E-state index < -0.39 is 57.8 Å². The minimum atomic E-state index is -4.76. The van der Waals surface area contributed by atoms with Crippen molar-refractivity contribution in [2.45, 2.75) is 238 Å². The molecule has 68 heavy (non-hydrogen) atoms. The van der Waals surface area contributed by atoms with Gasteiger partial charge in [0.2, 0.25) is 0 Å². The third-order valence-corrected chi connectivity index (χ3v) is 12.1. The van der Waals surface area contributed by atoms with Crippen molar-refractivity contribution in [2.75, 3.05) is 26.4 Å². The number of allylic oxidation sites excluding steroid dienone is 12. The standard InChI is InChI=1S/C56H97O11P/c1-4-7-10-13-16-19-22-24-25-26-27-29-32-35-38-41-44-47-56(60)67-53(49-63-54(58)45-42-39-36-33-30-21-18-15-12-9-6-3)51-65-68(61,62)64-50-52(48-57)66-55(59)46-43-40-37-34-31-28-23-20-17-14-11-8-5-2/h7,10,15-16,18-19,24-25,27,29,35,38,52-53,57H,4-6,8-9,11-14,17,20-23,26,28,30-34,36-37,39-51H2,1-3H3,(H,61,62)/b10-7-,18-15-,19-16-,25-24-,29-27-,38-35-. The van der Waals surface area contributed by atoms with Crippen molar-refractivity contribution in [3.8, 4) is 0 Å². The monoisotopic (exact) mass is 977 g/mol. The molecule has 0 spiro atoms. The second-order valence-electron chi connectivity index (χ2n) is 17.7. The third kappa shape index (κ3) is 48.0. The highest BCUT2D eigenvalue weighted by Crippen LogP contribution is 2.43. The van der Waals surface area contributed by atoms with Gasteiger partial charge in [0.1, 0.15) is 12.7 Å². The first-order chi connectivity index (χ1) is 33.2. The molecule has 11 nitrogen and oxygen atoms in total. The molecule has 0 aromatic rings. The molecule has 0 aromatic carbocycles. The highest BCUT2D eigenvalue weighted by molar-refractivity contribution is 7.47. The Morgan fingerprint density at radius 1 is 0.426 bits per heavy atom. The van der Waals surface area contributed by atoms with Gasteiger partial charge in [-0.25, -0.2) is 4.57 Å². The first-order valence-electron chi connectivity index (χ1n) is 26.8. The van der Waals surface area contributed by atoms with Crippen molar-refractivity contribution in [1.82, 2.24) is 0 Å². The van der Waals surface area contributed by atoms with Gasteiger partial charge >= 0.3 is 25.7 Å². The maximum Gasteiger partial charge on any atom is 0.472 e. The van der Waals surface area contributed by atoms with Crippen LogP contribution in [-0.2, 0) is 42.2 Å². The number of phosphoric acid groups is 1. The molecule has 392 valence electrons. The van der Waals surface area contributed by atoms with Crippen molar-refractivity contribution >= 4 is 25.7 Å². The summed E-state index contributed by atoms with van der Waals surface area (Å²) >= 11 is 0. The van der Waals surface area contributed by atoms with Crippen LogP contribution in [0.4, 0.5) is 0 Å². The summed E-state index contributed by atoms with van der Waals surface area (Å²) in [5.74, 6) is -1.55. The summed E-state index contributed by atoms with van der Waals surface area (Å²) in [4.78, 5) is 48.3. The van der Waals surface area contributed by atoms with Gasteiger partial charge in [0.15, 0.2) is 6.10 Å². The molecule has 0 aromatic heterocycles. The van der Waals surface area contributed by atoms with E-state index in [0.29, 0.717) is 25.7 Å². The summed E-state index contributed by atoms with van der Waals surface area (Å²) in [6.07, 6.45) is 54.5. The van der Waals surface area contributed by atoms with Crippen LogP contribution in [0, 0.1) is 0 Å². The predicted octanol–water partition coefficient (Wildman–Crippen LogP) is 15.4. The van der Waals surface area contributed by atoms with Crippen LogP contribution in [0.1, 0.15) is 226 Å². The van der Waals surface area contributed by atoms with Gasteiger partial charge < -0.3 is 24.2 Å². The van der Waals surface area contributed by atoms with Crippen molar-refractivity contribution in [3.05, 3.63) is 72.9 Å². The van der Waals surface area contributed by atoms with E-state index in [2.05, 4.69) is 81.5 Å². The van der Waals surface area contributed by atoms with Crippen LogP contribution in [0.15, 0.2) is 72.9 Å². The van der Waals surface area contributed by atoms with Crippen molar-refractivity contribution in [1.29, 1.82) is 0 Å². The molecule has 0 heterocycles. The van der Waals surface area contributed by atoms with Gasteiger partial charge in [-0.3, -0.25) is 23.4 Å². The number of carbonyl (C=O) groups excluding carboxylic acids is 3. The molecule has 0 aliphatic heterocycles. The van der Waals surface area contributed by atoms with Crippen LogP contribution < -0.4 is 0 Å². The molecule has 0 saturated heterocycles. The lowest BCUT2D eigenvalue weighted by Gasteiger charge is -2.21. The van der Waals surface area contributed by atoms with Crippen LogP contribution in [0.2, 0.25) is 0 Å². The molecule has 0 saturated carbocycles. The smallest absolute Gasteiger partial charge is 0.462 e. The minimum Gasteiger partial charge on any atom is -0.462 e. The molecule has 2 N–H and O–H groups in total.